The Bertz CT molecular complexity index is 1280. The van der Waals surface area contributed by atoms with Crippen molar-refractivity contribution in [2.75, 3.05) is 38.6 Å². The van der Waals surface area contributed by atoms with E-state index in [-0.39, 0.29) is 24.7 Å². The van der Waals surface area contributed by atoms with Crippen molar-refractivity contribution < 1.29 is 23.5 Å². The summed E-state index contributed by atoms with van der Waals surface area (Å²) in [6.07, 6.45) is 3.36. The Morgan fingerprint density at radius 1 is 1.10 bits per heavy atom. The fourth-order valence-corrected chi connectivity index (χ4v) is 4.21. The van der Waals surface area contributed by atoms with E-state index in [2.05, 4.69) is 25.8 Å². The zero-order valence-corrected chi connectivity index (χ0v) is 24.1. The second-order valence-corrected chi connectivity index (χ2v) is 10.9. The zero-order chi connectivity index (χ0) is 29.2. The van der Waals surface area contributed by atoms with Crippen molar-refractivity contribution in [3.8, 4) is 5.75 Å². The predicted molar refractivity (Wildman–Crippen MR) is 158 cm³/mol. The first-order valence-electron chi connectivity index (χ1n) is 13.7. The Labute approximate surface area is 241 Å². The van der Waals surface area contributed by atoms with Gasteiger partial charge in [-0.25, -0.2) is 0 Å². The van der Waals surface area contributed by atoms with Gasteiger partial charge in [-0.05, 0) is 81.9 Å². The molecule has 2 unspecified atom stereocenters. The SMILES string of the molecule is CN(CCOc1ccc(NC2N=CC(c3ccc(C(=O)NCC(=O)OC(C)(C)C)cc3)CN2)cc1)Cc1ccco1. The lowest BCUT2D eigenvalue weighted by Gasteiger charge is -2.25. The molecule has 1 amide bonds. The molecule has 10 heteroatoms. The molecule has 1 aliphatic heterocycles. The third-order valence-corrected chi connectivity index (χ3v) is 6.27. The Morgan fingerprint density at radius 3 is 2.49 bits per heavy atom. The number of nitrogens with one attached hydrogen (secondary N) is 3. The first kappa shape index (κ1) is 29.8. The number of ether oxygens (including phenoxy) is 2. The molecule has 218 valence electrons. The zero-order valence-electron chi connectivity index (χ0n) is 24.1. The first-order chi connectivity index (χ1) is 19.6. The van der Waals surface area contributed by atoms with Crippen LogP contribution in [0.5, 0.6) is 5.75 Å². The van der Waals surface area contributed by atoms with Gasteiger partial charge in [0.1, 0.15) is 30.3 Å². The van der Waals surface area contributed by atoms with Gasteiger partial charge >= 0.3 is 5.97 Å². The van der Waals surface area contributed by atoms with Crippen LogP contribution in [0.15, 0.2) is 76.3 Å². The van der Waals surface area contributed by atoms with Crippen LogP contribution in [-0.4, -0.2) is 68.2 Å². The van der Waals surface area contributed by atoms with Crippen LogP contribution < -0.4 is 20.7 Å². The summed E-state index contributed by atoms with van der Waals surface area (Å²) in [6.45, 7) is 7.98. The summed E-state index contributed by atoms with van der Waals surface area (Å²) in [5.74, 6) is 1.03. The molecule has 2 heterocycles. The summed E-state index contributed by atoms with van der Waals surface area (Å²) in [4.78, 5) is 31.0. The lowest BCUT2D eigenvalue weighted by molar-refractivity contribution is -0.153. The number of furan rings is 1. The average molecular weight is 562 g/mol. The fourth-order valence-electron chi connectivity index (χ4n) is 4.21. The number of nitrogens with zero attached hydrogens (tertiary/aromatic N) is 2. The monoisotopic (exact) mass is 561 g/mol. The van der Waals surface area contributed by atoms with E-state index in [0.717, 1.165) is 35.9 Å². The molecule has 2 atom stereocenters. The van der Waals surface area contributed by atoms with Gasteiger partial charge in [0.05, 0.1) is 12.8 Å². The minimum Gasteiger partial charge on any atom is -0.492 e. The number of hydrogen-bond donors (Lipinski definition) is 3. The van der Waals surface area contributed by atoms with Crippen LogP contribution >= 0.6 is 0 Å². The summed E-state index contributed by atoms with van der Waals surface area (Å²) in [7, 11) is 2.03. The summed E-state index contributed by atoms with van der Waals surface area (Å²) in [5.41, 5.74) is 1.86. The molecular weight excluding hydrogens is 522 g/mol. The van der Waals surface area contributed by atoms with Crippen LogP contribution in [0.1, 0.15) is 48.4 Å². The van der Waals surface area contributed by atoms with Crippen molar-refractivity contribution in [2.24, 2.45) is 4.99 Å². The predicted octanol–water partition coefficient (Wildman–Crippen LogP) is 4.02. The summed E-state index contributed by atoms with van der Waals surface area (Å²) < 4.78 is 16.5. The number of rotatable bonds is 12. The number of likely N-dealkylation sites (N-methyl/N-ethyl adjacent to an activating group) is 1. The van der Waals surface area contributed by atoms with Crippen LogP contribution in [0.2, 0.25) is 0 Å². The van der Waals surface area contributed by atoms with Gasteiger partial charge in [-0.3, -0.25) is 24.8 Å². The van der Waals surface area contributed by atoms with Gasteiger partial charge in [0.25, 0.3) is 5.91 Å². The first-order valence-corrected chi connectivity index (χ1v) is 13.7. The molecule has 0 aliphatic carbocycles. The molecule has 4 rings (SSSR count). The fraction of sp³-hybridized carbons (Fsp3) is 0.387. The molecule has 41 heavy (non-hydrogen) atoms. The van der Waals surface area contributed by atoms with E-state index in [1.165, 1.54) is 0 Å². The van der Waals surface area contributed by atoms with Crippen LogP contribution in [0, 0.1) is 0 Å². The average Bonchev–Trinajstić information content (AvgIpc) is 3.45. The highest BCUT2D eigenvalue weighted by atomic mass is 16.6. The molecule has 0 saturated heterocycles. The molecule has 0 spiro atoms. The Hall–Kier alpha value is -4.15. The molecular formula is C31H39N5O5. The Balaban J connectivity index is 1.18. The summed E-state index contributed by atoms with van der Waals surface area (Å²) >= 11 is 0. The van der Waals surface area contributed by atoms with Gasteiger partial charge < -0.3 is 24.5 Å². The molecule has 0 radical (unpaired) electrons. The van der Waals surface area contributed by atoms with Gasteiger partial charge in [0.15, 0.2) is 6.29 Å². The number of amides is 1. The number of hydrogen-bond acceptors (Lipinski definition) is 9. The van der Waals surface area contributed by atoms with Crippen LogP contribution in [0.3, 0.4) is 0 Å². The molecule has 1 aromatic heterocycles. The quantitative estimate of drug-likeness (QED) is 0.284. The van der Waals surface area contributed by atoms with Crippen molar-refractivity contribution in [1.82, 2.24) is 15.5 Å². The van der Waals surface area contributed by atoms with E-state index in [4.69, 9.17) is 13.9 Å². The lowest BCUT2D eigenvalue weighted by Crippen LogP contribution is -2.41. The van der Waals surface area contributed by atoms with E-state index < -0.39 is 11.6 Å². The number of esters is 1. The second-order valence-electron chi connectivity index (χ2n) is 10.9. The van der Waals surface area contributed by atoms with Crippen LogP contribution in [0.25, 0.3) is 0 Å². The molecule has 3 aromatic rings. The summed E-state index contributed by atoms with van der Waals surface area (Å²) in [5, 5.41) is 9.37. The lowest BCUT2D eigenvalue weighted by atomic mass is 9.98. The highest BCUT2D eigenvalue weighted by molar-refractivity contribution is 5.96. The largest absolute Gasteiger partial charge is 0.492 e. The number of carbonyl (C=O) groups excluding carboxylic acids is 2. The number of benzene rings is 2. The maximum absolute atomic E-state index is 12.4. The number of carbonyl (C=O) groups is 2. The third kappa shape index (κ3) is 9.77. The van der Waals surface area contributed by atoms with E-state index >= 15 is 0 Å². The Morgan fingerprint density at radius 2 is 1.85 bits per heavy atom. The highest BCUT2D eigenvalue weighted by Crippen LogP contribution is 2.20. The number of anilines is 1. The molecule has 0 bridgehead atoms. The molecule has 0 fully saturated rings. The molecule has 1 aliphatic rings. The van der Waals surface area contributed by atoms with Crippen molar-refractivity contribution in [3.63, 3.8) is 0 Å². The second kappa shape index (κ2) is 14.0. The van der Waals surface area contributed by atoms with Gasteiger partial charge in [-0.15, -0.1) is 0 Å². The molecule has 2 aromatic carbocycles. The highest BCUT2D eigenvalue weighted by Gasteiger charge is 2.19. The van der Waals surface area contributed by atoms with E-state index in [0.29, 0.717) is 18.7 Å². The van der Waals surface area contributed by atoms with Gasteiger partial charge in [0, 0.05) is 36.5 Å². The normalized spacial score (nSPS) is 16.8. The van der Waals surface area contributed by atoms with E-state index in [1.54, 1.807) is 39.2 Å². The van der Waals surface area contributed by atoms with Crippen molar-refractivity contribution in [1.29, 1.82) is 0 Å². The third-order valence-electron chi connectivity index (χ3n) is 6.27. The van der Waals surface area contributed by atoms with Gasteiger partial charge in [-0.2, -0.15) is 0 Å². The standard InChI is InChI=1S/C31H39N5O5/c1-31(2,3)41-28(37)20-32-29(38)23-9-7-22(8-10-23)24-18-33-30(34-19-24)35-25-11-13-26(14-12-25)40-17-15-36(4)21-27-6-5-16-39-27/h5-14,16,18,24,30,34-35H,15,17,19-21H2,1-4H3,(H,32,38). The molecule has 10 nitrogen and oxygen atoms in total. The molecule has 0 saturated carbocycles. The molecule has 3 N–H and O–H groups in total. The number of aliphatic imine (C=N–C) groups is 1. The van der Waals surface area contributed by atoms with Gasteiger partial charge in [0.2, 0.25) is 0 Å². The van der Waals surface area contributed by atoms with E-state index in [1.807, 2.05) is 61.8 Å². The minimum atomic E-state index is -0.591. The van der Waals surface area contributed by atoms with Crippen molar-refractivity contribution >= 4 is 23.8 Å². The van der Waals surface area contributed by atoms with Crippen molar-refractivity contribution in [3.05, 3.63) is 83.8 Å². The summed E-state index contributed by atoms with van der Waals surface area (Å²) in [6, 6.07) is 19.0. The van der Waals surface area contributed by atoms with Crippen LogP contribution in [-0.2, 0) is 16.1 Å². The smallest absolute Gasteiger partial charge is 0.325 e. The maximum Gasteiger partial charge on any atom is 0.325 e. The van der Waals surface area contributed by atoms with Gasteiger partial charge in [-0.1, -0.05) is 12.1 Å². The van der Waals surface area contributed by atoms with Crippen molar-refractivity contribution in [2.45, 2.75) is 45.1 Å². The van der Waals surface area contributed by atoms with E-state index in [9.17, 15) is 9.59 Å². The Kier molecular flexibility index (Phi) is 10.2. The minimum absolute atomic E-state index is 0.0774. The maximum atomic E-state index is 12.4. The van der Waals surface area contributed by atoms with Crippen LogP contribution in [0.4, 0.5) is 5.69 Å². The topological polar surface area (TPSA) is 117 Å².